The number of halogens is 1. The van der Waals surface area contributed by atoms with Crippen molar-refractivity contribution in [3.05, 3.63) is 59.4 Å². The molecule has 0 aliphatic heterocycles. The maximum atomic E-state index is 13.6. The van der Waals surface area contributed by atoms with Crippen LogP contribution in [0.15, 0.2) is 47.6 Å². The summed E-state index contributed by atoms with van der Waals surface area (Å²) in [5.41, 5.74) is 8.96. The van der Waals surface area contributed by atoms with Crippen LogP contribution in [0.25, 0.3) is 0 Å². The molecule has 120 valence electrons. The Bertz CT molecular complexity index is 722. The highest BCUT2D eigenvalue weighted by atomic mass is 32.1. The van der Waals surface area contributed by atoms with Crippen molar-refractivity contribution >= 4 is 23.5 Å². The van der Waals surface area contributed by atoms with Gasteiger partial charge in [0.25, 0.3) is 0 Å². The van der Waals surface area contributed by atoms with Gasteiger partial charge in [0.05, 0.1) is 13.3 Å². The Morgan fingerprint density at radius 3 is 2.78 bits per heavy atom. The summed E-state index contributed by atoms with van der Waals surface area (Å²) in [6, 6.07) is 11.7. The molecule has 0 radical (unpaired) electrons. The summed E-state index contributed by atoms with van der Waals surface area (Å²) >= 11 is 4.66. The smallest absolute Gasteiger partial charge is 0.184 e. The summed E-state index contributed by atoms with van der Waals surface area (Å²) in [4.78, 5) is 0. The van der Waals surface area contributed by atoms with Gasteiger partial charge in [0.1, 0.15) is 12.4 Å². The van der Waals surface area contributed by atoms with Gasteiger partial charge in [-0.05, 0) is 42.0 Å². The molecule has 2 rings (SSSR count). The molecule has 2 aromatic rings. The zero-order chi connectivity index (χ0) is 16.7. The average molecular weight is 333 g/mol. The van der Waals surface area contributed by atoms with Gasteiger partial charge in [0.15, 0.2) is 16.6 Å². The van der Waals surface area contributed by atoms with Crippen LogP contribution in [-0.2, 0) is 6.61 Å². The maximum Gasteiger partial charge on any atom is 0.184 e. The molecule has 0 atom stereocenters. The summed E-state index contributed by atoms with van der Waals surface area (Å²) in [6.07, 6.45) is 1.54. The van der Waals surface area contributed by atoms with E-state index < -0.39 is 0 Å². The summed E-state index contributed by atoms with van der Waals surface area (Å²) in [5, 5.41) is 3.95. The SMILES string of the molecule is COc1ccc(C=NNC(N)=S)cc1OCc1ccccc1F. The van der Waals surface area contributed by atoms with Gasteiger partial charge in [-0.1, -0.05) is 18.2 Å². The molecule has 23 heavy (non-hydrogen) atoms. The van der Waals surface area contributed by atoms with E-state index >= 15 is 0 Å². The number of thiocarbonyl (C=S) groups is 1. The number of hydrazone groups is 1. The quantitative estimate of drug-likeness (QED) is 0.483. The van der Waals surface area contributed by atoms with Gasteiger partial charge in [0.2, 0.25) is 0 Å². The van der Waals surface area contributed by atoms with Crippen molar-refractivity contribution < 1.29 is 13.9 Å². The third kappa shape index (κ3) is 4.93. The van der Waals surface area contributed by atoms with E-state index in [1.807, 2.05) is 0 Å². The number of nitrogens with two attached hydrogens (primary N) is 1. The Kier molecular flexibility index (Phi) is 5.87. The monoisotopic (exact) mass is 333 g/mol. The predicted octanol–water partition coefficient (Wildman–Crippen LogP) is 2.58. The Morgan fingerprint density at radius 2 is 2.09 bits per heavy atom. The Hall–Kier alpha value is -2.67. The minimum atomic E-state index is -0.315. The van der Waals surface area contributed by atoms with Crippen LogP contribution < -0.4 is 20.6 Å². The molecule has 5 nitrogen and oxygen atoms in total. The Balaban J connectivity index is 2.14. The highest BCUT2D eigenvalue weighted by molar-refractivity contribution is 7.80. The van der Waals surface area contributed by atoms with Crippen LogP contribution >= 0.6 is 12.2 Å². The van der Waals surface area contributed by atoms with Gasteiger partial charge in [-0.3, -0.25) is 5.43 Å². The van der Waals surface area contributed by atoms with Crippen molar-refractivity contribution in [3.8, 4) is 11.5 Å². The van der Waals surface area contributed by atoms with Crippen molar-refractivity contribution in [3.63, 3.8) is 0 Å². The number of hydrogen-bond donors (Lipinski definition) is 2. The molecule has 0 unspecified atom stereocenters. The third-order valence-corrected chi connectivity index (χ3v) is 3.01. The molecule has 7 heteroatoms. The highest BCUT2D eigenvalue weighted by Crippen LogP contribution is 2.28. The number of nitrogens with zero attached hydrogens (tertiary/aromatic N) is 1. The zero-order valence-electron chi connectivity index (χ0n) is 12.5. The first-order valence-electron chi connectivity index (χ1n) is 6.73. The van der Waals surface area contributed by atoms with Crippen LogP contribution in [0.1, 0.15) is 11.1 Å². The molecular weight excluding hydrogens is 317 g/mol. The summed E-state index contributed by atoms with van der Waals surface area (Å²) < 4.78 is 24.5. The topological polar surface area (TPSA) is 68.9 Å². The van der Waals surface area contributed by atoms with Crippen LogP contribution in [0.2, 0.25) is 0 Å². The molecule has 0 amide bonds. The normalized spacial score (nSPS) is 10.5. The lowest BCUT2D eigenvalue weighted by Gasteiger charge is -2.11. The highest BCUT2D eigenvalue weighted by Gasteiger charge is 2.07. The maximum absolute atomic E-state index is 13.6. The van der Waals surface area contributed by atoms with Crippen LogP contribution in [-0.4, -0.2) is 18.4 Å². The van der Waals surface area contributed by atoms with Gasteiger partial charge in [0, 0.05) is 5.56 Å². The predicted molar refractivity (Wildman–Crippen MR) is 91.2 cm³/mol. The van der Waals surface area contributed by atoms with E-state index in [-0.39, 0.29) is 17.5 Å². The second-order valence-electron chi connectivity index (χ2n) is 4.52. The molecule has 0 fully saturated rings. The molecule has 2 aromatic carbocycles. The number of ether oxygens (including phenoxy) is 2. The Morgan fingerprint density at radius 1 is 1.30 bits per heavy atom. The standard InChI is InChI=1S/C16H16FN3O2S/c1-21-14-7-6-11(9-19-20-16(18)23)8-15(14)22-10-12-4-2-3-5-13(12)17/h2-9H,10H2,1H3,(H3,18,20,23). The van der Waals surface area contributed by atoms with E-state index in [0.29, 0.717) is 17.1 Å². The Labute approximate surface area is 138 Å². The summed E-state index contributed by atoms with van der Waals surface area (Å²) in [5.74, 6) is 0.709. The molecule has 3 N–H and O–H groups in total. The first-order valence-corrected chi connectivity index (χ1v) is 7.13. The van der Waals surface area contributed by atoms with Crippen LogP contribution in [0, 0.1) is 5.82 Å². The molecule has 0 saturated heterocycles. The molecule has 0 saturated carbocycles. The first-order chi connectivity index (χ1) is 11.1. The van der Waals surface area contributed by atoms with E-state index in [2.05, 4.69) is 22.7 Å². The number of nitrogens with one attached hydrogen (secondary N) is 1. The first kappa shape index (κ1) is 16.7. The molecule has 0 aliphatic rings. The van der Waals surface area contributed by atoms with Crippen LogP contribution in [0.5, 0.6) is 11.5 Å². The molecule has 0 heterocycles. The van der Waals surface area contributed by atoms with E-state index in [1.54, 1.807) is 36.4 Å². The van der Waals surface area contributed by atoms with Gasteiger partial charge in [-0.15, -0.1) is 0 Å². The largest absolute Gasteiger partial charge is 0.493 e. The lowest BCUT2D eigenvalue weighted by molar-refractivity contribution is 0.279. The number of methoxy groups -OCH3 is 1. The second kappa shape index (κ2) is 8.09. The lowest BCUT2D eigenvalue weighted by Crippen LogP contribution is -2.23. The van der Waals surface area contributed by atoms with Gasteiger partial charge >= 0.3 is 0 Å². The third-order valence-electron chi connectivity index (χ3n) is 2.92. The fourth-order valence-corrected chi connectivity index (χ4v) is 1.88. The minimum absolute atomic E-state index is 0.0748. The van der Waals surface area contributed by atoms with E-state index in [0.717, 1.165) is 5.56 Å². The van der Waals surface area contributed by atoms with Crippen molar-refractivity contribution in [1.29, 1.82) is 0 Å². The molecule has 0 bridgehead atoms. The number of hydrogen-bond acceptors (Lipinski definition) is 4. The van der Waals surface area contributed by atoms with Crippen LogP contribution in [0.3, 0.4) is 0 Å². The van der Waals surface area contributed by atoms with E-state index in [1.165, 1.54) is 19.4 Å². The van der Waals surface area contributed by atoms with Crippen LogP contribution in [0.4, 0.5) is 4.39 Å². The van der Waals surface area contributed by atoms with Crippen molar-refractivity contribution in [2.24, 2.45) is 10.8 Å². The molecule has 0 aliphatic carbocycles. The minimum Gasteiger partial charge on any atom is -0.493 e. The molecular formula is C16H16FN3O2S. The van der Waals surface area contributed by atoms with E-state index in [9.17, 15) is 4.39 Å². The fourth-order valence-electron chi connectivity index (χ4n) is 1.83. The molecule has 0 aromatic heterocycles. The van der Waals surface area contributed by atoms with Gasteiger partial charge < -0.3 is 15.2 Å². The zero-order valence-corrected chi connectivity index (χ0v) is 13.3. The van der Waals surface area contributed by atoms with Gasteiger partial charge in [-0.2, -0.15) is 5.10 Å². The van der Waals surface area contributed by atoms with Crippen molar-refractivity contribution in [2.45, 2.75) is 6.61 Å². The fraction of sp³-hybridized carbons (Fsp3) is 0.125. The second-order valence-corrected chi connectivity index (χ2v) is 4.96. The lowest BCUT2D eigenvalue weighted by atomic mass is 10.2. The average Bonchev–Trinajstić information content (AvgIpc) is 2.54. The number of benzene rings is 2. The summed E-state index contributed by atoms with van der Waals surface area (Å²) in [7, 11) is 1.54. The summed E-state index contributed by atoms with van der Waals surface area (Å²) in [6.45, 7) is 0.0920. The van der Waals surface area contributed by atoms with Crippen molar-refractivity contribution in [2.75, 3.05) is 7.11 Å². The molecule has 0 spiro atoms. The van der Waals surface area contributed by atoms with Gasteiger partial charge in [-0.25, -0.2) is 4.39 Å². The van der Waals surface area contributed by atoms with Crippen molar-refractivity contribution in [1.82, 2.24) is 5.43 Å². The number of rotatable bonds is 6. The van der Waals surface area contributed by atoms with E-state index in [4.69, 9.17) is 15.2 Å².